The van der Waals surface area contributed by atoms with Crippen molar-refractivity contribution in [2.45, 2.75) is 39.3 Å². The summed E-state index contributed by atoms with van der Waals surface area (Å²) in [5.74, 6) is 1.74. The van der Waals surface area contributed by atoms with Crippen LogP contribution in [0.25, 0.3) is 0 Å². The number of hydrogen-bond acceptors (Lipinski definition) is 3. The van der Waals surface area contributed by atoms with Gasteiger partial charge in [-0.3, -0.25) is 0 Å². The number of urea groups is 1. The van der Waals surface area contributed by atoms with Crippen LogP contribution in [0.15, 0.2) is 48.5 Å². The van der Waals surface area contributed by atoms with Crippen molar-refractivity contribution in [3.63, 3.8) is 0 Å². The lowest BCUT2D eigenvalue weighted by molar-refractivity contribution is 0.230. The lowest BCUT2D eigenvalue weighted by Crippen LogP contribution is -2.40. The molecule has 0 aliphatic carbocycles. The Labute approximate surface area is 161 Å². The zero-order chi connectivity index (χ0) is 19.2. The molecule has 1 aliphatic rings. The fourth-order valence-electron chi connectivity index (χ4n) is 3.21. The van der Waals surface area contributed by atoms with Crippen LogP contribution in [0.3, 0.4) is 0 Å². The molecule has 144 valence electrons. The minimum atomic E-state index is -0.183. The second-order valence-electron chi connectivity index (χ2n) is 7.23. The zero-order valence-electron chi connectivity index (χ0n) is 16.2. The van der Waals surface area contributed by atoms with E-state index in [9.17, 15) is 4.79 Å². The zero-order valence-corrected chi connectivity index (χ0v) is 16.2. The molecule has 2 N–H and O–H groups in total. The Morgan fingerprint density at radius 1 is 0.889 bits per heavy atom. The van der Waals surface area contributed by atoms with E-state index in [2.05, 4.69) is 24.5 Å². The molecule has 0 saturated heterocycles. The van der Waals surface area contributed by atoms with E-state index in [1.54, 1.807) is 0 Å². The second-order valence-corrected chi connectivity index (χ2v) is 7.23. The number of carbonyl (C=O) groups excluding carboxylic acids is 1. The molecular formula is C22H28N2O3. The number of nitrogens with one attached hydrogen (secondary N) is 2. The van der Waals surface area contributed by atoms with Crippen LogP contribution < -0.4 is 20.1 Å². The molecular weight excluding hydrogens is 340 g/mol. The SMILES string of the molecule is CC(C)[C@H](NC(=O)N[C@H](C)c1ccccc1)c1ccc2c(c1)OCCCO2. The highest BCUT2D eigenvalue weighted by Gasteiger charge is 2.22. The van der Waals surface area contributed by atoms with Gasteiger partial charge in [-0.15, -0.1) is 0 Å². The Balaban J connectivity index is 1.70. The smallest absolute Gasteiger partial charge is 0.315 e. The first-order chi connectivity index (χ1) is 13.0. The van der Waals surface area contributed by atoms with Crippen molar-refractivity contribution >= 4 is 6.03 Å². The standard InChI is InChI=1S/C22H28N2O3/c1-15(2)21(18-10-11-19-20(14-18)27-13-7-12-26-19)24-22(25)23-16(3)17-8-5-4-6-9-17/h4-6,8-11,14-16,21H,7,12-13H2,1-3H3,(H2,23,24,25)/t16-,21+/m1/s1. The molecule has 0 bridgehead atoms. The number of benzene rings is 2. The van der Waals surface area contributed by atoms with Crippen LogP contribution in [0.5, 0.6) is 11.5 Å². The quantitative estimate of drug-likeness (QED) is 0.810. The average molecular weight is 368 g/mol. The van der Waals surface area contributed by atoms with Gasteiger partial charge in [-0.05, 0) is 36.1 Å². The van der Waals surface area contributed by atoms with E-state index in [0.717, 1.165) is 29.0 Å². The molecule has 0 radical (unpaired) electrons. The van der Waals surface area contributed by atoms with Crippen LogP contribution >= 0.6 is 0 Å². The summed E-state index contributed by atoms with van der Waals surface area (Å²) in [5, 5.41) is 6.13. The Bertz CT molecular complexity index is 761. The van der Waals surface area contributed by atoms with Gasteiger partial charge < -0.3 is 20.1 Å². The Kier molecular flexibility index (Phi) is 6.22. The summed E-state index contributed by atoms with van der Waals surface area (Å²) in [5.41, 5.74) is 2.08. The molecule has 2 amide bonds. The van der Waals surface area contributed by atoms with E-state index < -0.39 is 0 Å². The van der Waals surface area contributed by atoms with E-state index in [1.807, 2.05) is 55.5 Å². The molecule has 1 aliphatic heterocycles. The third kappa shape index (κ3) is 4.94. The van der Waals surface area contributed by atoms with Gasteiger partial charge in [-0.2, -0.15) is 0 Å². The first-order valence-corrected chi connectivity index (χ1v) is 9.56. The number of carbonyl (C=O) groups is 1. The van der Waals surface area contributed by atoms with Crippen LogP contribution in [-0.4, -0.2) is 19.2 Å². The van der Waals surface area contributed by atoms with Crippen LogP contribution in [0.4, 0.5) is 4.79 Å². The monoisotopic (exact) mass is 368 g/mol. The fraction of sp³-hybridized carbons (Fsp3) is 0.409. The van der Waals surface area contributed by atoms with Crippen molar-refractivity contribution in [2.24, 2.45) is 5.92 Å². The Hall–Kier alpha value is -2.69. The summed E-state index contributed by atoms with van der Waals surface area (Å²) in [4.78, 5) is 12.6. The minimum absolute atomic E-state index is 0.0669. The van der Waals surface area contributed by atoms with Crippen molar-refractivity contribution in [1.82, 2.24) is 10.6 Å². The molecule has 27 heavy (non-hydrogen) atoms. The molecule has 0 aromatic heterocycles. The van der Waals surface area contributed by atoms with Gasteiger partial charge in [-0.25, -0.2) is 4.79 Å². The number of ether oxygens (including phenoxy) is 2. The van der Waals surface area contributed by atoms with Crippen molar-refractivity contribution in [2.75, 3.05) is 13.2 Å². The number of hydrogen-bond donors (Lipinski definition) is 2. The third-order valence-electron chi connectivity index (χ3n) is 4.73. The molecule has 2 aromatic rings. The second kappa shape index (κ2) is 8.80. The molecule has 0 spiro atoms. The van der Waals surface area contributed by atoms with E-state index in [1.165, 1.54) is 0 Å². The molecule has 0 unspecified atom stereocenters. The van der Waals surface area contributed by atoms with Gasteiger partial charge in [0.2, 0.25) is 0 Å². The summed E-state index contributed by atoms with van der Waals surface area (Å²) < 4.78 is 11.5. The number of fused-ring (bicyclic) bond motifs is 1. The molecule has 1 heterocycles. The van der Waals surface area contributed by atoms with Gasteiger partial charge in [0.05, 0.1) is 25.3 Å². The summed E-state index contributed by atoms with van der Waals surface area (Å²) in [7, 11) is 0. The van der Waals surface area contributed by atoms with Crippen LogP contribution in [0.2, 0.25) is 0 Å². The molecule has 0 fully saturated rings. The summed E-state index contributed by atoms with van der Waals surface area (Å²) in [6, 6.07) is 15.5. The number of rotatable bonds is 5. The summed E-state index contributed by atoms with van der Waals surface area (Å²) in [6.45, 7) is 7.47. The molecule has 2 aromatic carbocycles. The van der Waals surface area contributed by atoms with Gasteiger partial charge in [0, 0.05) is 6.42 Å². The highest BCUT2D eigenvalue weighted by molar-refractivity contribution is 5.75. The maximum atomic E-state index is 12.6. The van der Waals surface area contributed by atoms with Gasteiger partial charge in [-0.1, -0.05) is 50.2 Å². The fourth-order valence-corrected chi connectivity index (χ4v) is 3.21. The molecule has 2 atom stereocenters. The molecule has 5 heteroatoms. The van der Waals surface area contributed by atoms with E-state index in [-0.39, 0.29) is 24.0 Å². The maximum Gasteiger partial charge on any atom is 0.315 e. The Morgan fingerprint density at radius 2 is 1.59 bits per heavy atom. The maximum absolute atomic E-state index is 12.6. The van der Waals surface area contributed by atoms with Gasteiger partial charge in [0.1, 0.15) is 0 Å². The first-order valence-electron chi connectivity index (χ1n) is 9.56. The van der Waals surface area contributed by atoms with Crippen molar-refractivity contribution < 1.29 is 14.3 Å². The van der Waals surface area contributed by atoms with E-state index in [4.69, 9.17) is 9.47 Å². The Morgan fingerprint density at radius 3 is 2.30 bits per heavy atom. The molecule has 0 saturated carbocycles. The minimum Gasteiger partial charge on any atom is -0.490 e. The van der Waals surface area contributed by atoms with Gasteiger partial charge >= 0.3 is 6.03 Å². The van der Waals surface area contributed by atoms with Crippen LogP contribution in [0.1, 0.15) is 50.4 Å². The topological polar surface area (TPSA) is 59.6 Å². The van der Waals surface area contributed by atoms with Crippen LogP contribution in [0, 0.1) is 5.92 Å². The summed E-state index contributed by atoms with van der Waals surface area (Å²) >= 11 is 0. The van der Waals surface area contributed by atoms with Crippen molar-refractivity contribution in [3.05, 3.63) is 59.7 Å². The van der Waals surface area contributed by atoms with E-state index in [0.29, 0.717) is 13.2 Å². The lowest BCUT2D eigenvalue weighted by Gasteiger charge is -2.25. The van der Waals surface area contributed by atoms with E-state index >= 15 is 0 Å². The largest absolute Gasteiger partial charge is 0.490 e. The molecule has 3 rings (SSSR count). The first kappa shape index (κ1) is 19.1. The lowest BCUT2D eigenvalue weighted by atomic mass is 9.95. The van der Waals surface area contributed by atoms with Crippen molar-refractivity contribution in [3.8, 4) is 11.5 Å². The average Bonchev–Trinajstić information content (AvgIpc) is 2.91. The third-order valence-corrected chi connectivity index (χ3v) is 4.73. The van der Waals surface area contributed by atoms with Gasteiger partial charge in [0.25, 0.3) is 0 Å². The van der Waals surface area contributed by atoms with Crippen LogP contribution in [-0.2, 0) is 0 Å². The predicted octanol–water partition coefficient (Wildman–Crippen LogP) is 4.61. The predicted molar refractivity (Wildman–Crippen MR) is 106 cm³/mol. The highest BCUT2D eigenvalue weighted by atomic mass is 16.5. The molecule has 5 nitrogen and oxygen atoms in total. The van der Waals surface area contributed by atoms with Gasteiger partial charge in [0.15, 0.2) is 11.5 Å². The summed E-state index contributed by atoms with van der Waals surface area (Å²) in [6.07, 6.45) is 0.871. The number of amides is 2. The van der Waals surface area contributed by atoms with Crippen molar-refractivity contribution in [1.29, 1.82) is 0 Å². The normalized spacial score (nSPS) is 15.6. The highest BCUT2D eigenvalue weighted by Crippen LogP contribution is 2.34.